The third kappa shape index (κ3) is 4.04. The van der Waals surface area contributed by atoms with Gasteiger partial charge in [-0.2, -0.15) is 4.98 Å². The van der Waals surface area contributed by atoms with Crippen molar-refractivity contribution in [2.24, 2.45) is 0 Å². The molecule has 0 radical (unpaired) electrons. The molecule has 2 aromatic rings. The second-order valence-electron chi connectivity index (χ2n) is 4.40. The molecule has 1 heterocycles. The molecule has 0 aliphatic heterocycles. The second-order valence-corrected chi connectivity index (χ2v) is 5.25. The van der Waals surface area contributed by atoms with Gasteiger partial charge in [-0.15, -0.1) is 0 Å². The molecule has 1 N–H and O–H groups in total. The summed E-state index contributed by atoms with van der Waals surface area (Å²) in [6.45, 7) is 5.25. The molecule has 1 aromatic heterocycles. The van der Waals surface area contributed by atoms with Crippen molar-refractivity contribution >= 4 is 15.9 Å². The summed E-state index contributed by atoms with van der Waals surface area (Å²) < 4.78 is 11.4. The van der Waals surface area contributed by atoms with Crippen LogP contribution in [0.5, 0.6) is 5.75 Å². The van der Waals surface area contributed by atoms with E-state index in [4.69, 9.17) is 4.74 Å². The Morgan fingerprint density at radius 2 is 2.26 bits per heavy atom. The number of halogens is 1. The van der Waals surface area contributed by atoms with Crippen LogP contribution in [0.1, 0.15) is 25.2 Å². The summed E-state index contributed by atoms with van der Waals surface area (Å²) in [5.41, 5.74) is 1.09. The van der Waals surface area contributed by atoms with E-state index >= 15 is 0 Å². The Labute approximate surface area is 120 Å². The van der Waals surface area contributed by atoms with E-state index in [1.807, 2.05) is 18.2 Å². The van der Waals surface area contributed by atoms with Crippen LogP contribution in [0.25, 0.3) is 0 Å². The molecule has 0 aliphatic carbocycles. The fraction of sp³-hybridized carbons (Fsp3) is 0.385. The van der Waals surface area contributed by atoms with Crippen molar-refractivity contribution in [2.75, 3.05) is 0 Å². The summed E-state index contributed by atoms with van der Waals surface area (Å²) in [4.78, 5) is 3.93. The third-order valence-corrected chi connectivity index (χ3v) is 3.13. The maximum atomic E-state index is 5.77. The van der Waals surface area contributed by atoms with E-state index < -0.39 is 0 Å². The normalized spacial score (nSPS) is 10.9. The van der Waals surface area contributed by atoms with Crippen molar-refractivity contribution < 1.29 is 9.26 Å². The lowest BCUT2D eigenvalue weighted by Gasteiger charge is -2.14. The first-order chi connectivity index (χ1) is 9.16. The Kier molecular flexibility index (Phi) is 4.93. The first-order valence-corrected chi connectivity index (χ1v) is 6.85. The van der Waals surface area contributed by atoms with E-state index in [0.717, 1.165) is 22.3 Å². The number of para-hydroxylation sites is 1. The summed E-state index contributed by atoms with van der Waals surface area (Å²) in [5.74, 6) is 1.33. The van der Waals surface area contributed by atoms with Gasteiger partial charge >= 0.3 is 0 Å². The molecular formula is C13H16BrN3O2. The SMILES string of the molecule is CC(C)NCc1cccc(Br)c1OCc1ncon1. The Morgan fingerprint density at radius 1 is 1.42 bits per heavy atom. The monoisotopic (exact) mass is 325 g/mol. The molecule has 0 saturated heterocycles. The number of nitrogens with zero attached hydrogens (tertiary/aromatic N) is 2. The highest BCUT2D eigenvalue weighted by Crippen LogP contribution is 2.29. The van der Waals surface area contributed by atoms with Gasteiger partial charge in [0.15, 0.2) is 6.61 Å². The summed E-state index contributed by atoms with van der Waals surface area (Å²) in [6, 6.07) is 6.39. The van der Waals surface area contributed by atoms with Gasteiger partial charge in [-0.3, -0.25) is 0 Å². The van der Waals surface area contributed by atoms with Gasteiger partial charge in [0.05, 0.1) is 4.47 Å². The molecule has 0 amide bonds. The lowest BCUT2D eigenvalue weighted by Crippen LogP contribution is -2.22. The molecule has 1 aromatic carbocycles. The lowest BCUT2D eigenvalue weighted by atomic mass is 10.2. The lowest BCUT2D eigenvalue weighted by molar-refractivity contribution is 0.281. The molecule has 0 spiro atoms. The maximum absolute atomic E-state index is 5.77. The van der Waals surface area contributed by atoms with Crippen LogP contribution < -0.4 is 10.1 Å². The Hall–Kier alpha value is -1.40. The van der Waals surface area contributed by atoms with E-state index in [1.165, 1.54) is 6.39 Å². The molecule has 5 nitrogen and oxygen atoms in total. The minimum absolute atomic E-state index is 0.286. The van der Waals surface area contributed by atoms with Gasteiger partial charge in [0.2, 0.25) is 12.2 Å². The van der Waals surface area contributed by atoms with Crippen molar-refractivity contribution in [2.45, 2.75) is 33.0 Å². The van der Waals surface area contributed by atoms with Gasteiger partial charge in [0, 0.05) is 18.2 Å². The molecule has 102 valence electrons. The minimum atomic E-state index is 0.286. The van der Waals surface area contributed by atoms with E-state index in [9.17, 15) is 0 Å². The zero-order valence-corrected chi connectivity index (χ0v) is 12.5. The van der Waals surface area contributed by atoms with Crippen LogP contribution in [-0.4, -0.2) is 16.2 Å². The van der Waals surface area contributed by atoms with E-state index in [-0.39, 0.29) is 6.61 Å². The number of benzene rings is 1. The number of hydrogen-bond donors (Lipinski definition) is 1. The standard InChI is InChI=1S/C13H16BrN3O2/c1-9(2)15-6-10-4-3-5-11(14)13(10)18-7-12-16-8-19-17-12/h3-5,8-9,15H,6-7H2,1-2H3. The number of nitrogens with one attached hydrogen (secondary N) is 1. The Bertz CT molecular complexity index is 515. The van der Waals surface area contributed by atoms with Gasteiger partial charge in [0.1, 0.15) is 5.75 Å². The number of hydrogen-bond acceptors (Lipinski definition) is 5. The molecule has 0 saturated carbocycles. The Balaban J connectivity index is 2.08. The summed E-state index contributed by atoms with van der Waals surface area (Å²) in [7, 11) is 0. The minimum Gasteiger partial charge on any atom is -0.484 e. The summed E-state index contributed by atoms with van der Waals surface area (Å²) in [6.07, 6.45) is 1.29. The van der Waals surface area contributed by atoms with Crippen LogP contribution in [0, 0.1) is 0 Å². The topological polar surface area (TPSA) is 60.2 Å². The first kappa shape index (κ1) is 14.0. The highest BCUT2D eigenvalue weighted by atomic mass is 79.9. The highest BCUT2D eigenvalue weighted by Gasteiger charge is 2.10. The molecule has 6 heteroatoms. The average molecular weight is 326 g/mol. The van der Waals surface area contributed by atoms with Crippen LogP contribution in [-0.2, 0) is 13.2 Å². The van der Waals surface area contributed by atoms with Gasteiger partial charge in [0.25, 0.3) is 0 Å². The molecule has 0 atom stereocenters. The van der Waals surface area contributed by atoms with E-state index in [1.54, 1.807) is 0 Å². The van der Waals surface area contributed by atoms with Crippen LogP contribution >= 0.6 is 15.9 Å². The van der Waals surface area contributed by atoms with Gasteiger partial charge in [-0.1, -0.05) is 31.1 Å². The van der Waals surface area contributed by atoms with Gasteiger partial charge in [-0.05, 0) is 22.0 Å². The maximum Gasteiger partial charge on any atom is 0.213 e. The number of rotatable bonds is 6. The van der Waals surface area contributed by atoms with Crippen molar-refractivity contribution in [1.29, 1.82) is 0 Å². The molecule has 0 unspecified atom stereocenters. The van der Waals surface area contributed by atoms with Crippen LogP contribution in [0.2, 0.25) is 0 Å². The van der Waals surface area contributed by atoms with Crippen molar-refractivity contribution in [3.05, 3.63) is 40.5 Å². The third-order valence-electron chi connectivity index (χ3n) is 2.50. The van der Waals surface area contributed by atoms with Gasteiger partial charge in [-0.25, -0.2) is 0 Å². The second kappa shape index (κ2) is 6.68. The number of aromatic nitrogens is 2. The highest BCUT2D eigenvalue weighted by molar-refractivity contribution is 9.10. The zero-order valence-electron chi connectivity index (χ0n) is 10.9. The van der Waals surface area contributed by atoms with Gasteiger partial charge < -0.3 is 14.6 Å². The predicted octanol–water partition coefficient (Wildman–Crippen LogP) is 2.91. The fourth-order valence-corrected chi connectivity index (χ4v) is 2.08. The largest absolute Gasteiger partial charge is 0.484 e. The van der Waals surface area contributed by atoms with E-state index in [2.05, 4.69) is 49.8 Å². The molecule has 0 fully saturated rings. The summed E-state index contributed by atoms with van der Waals surface area (Å²) >= 11 is 3.50. The molecule has 0 bridgehead atoms. The average Bonchev–Trinajstić information content (AvgIpc) is 2.88. The number of ether oxygens (including phenoxy) is 1. The molecule has 0 aliphatic rings. The Morgan fingerprint density at radius 3 is 2.95 bits per heavy atom. The zero-order chi connectivity index (χ0) is 13.7. The molecular weight excluding hydrogens is 310 g/mol. The van der Waals surface area contributed by atoms with Crippen molar-refractivity contribution in [3.63, 3.8) is 0 Å². The first-order valence-electron chi connectivity index (χ1n) is 6.05. The van der Waals surface area contributed by atoms with Crippen LogP contribution in [0.3, 0.4) is 0 Å². The summed E-state index contributed by atoms with van der Waals surface area (Å²) in [5, 5.41) is 7.09. The molecule has 2 rings (SSSR count). The molecule has 19 heavy (non-hydrogen) atoms. The smallest absolute Gasteiger partial charge is 0.213 e. The quantitative estimate of drug-likeness (QED) is 0.884. The van der Waals surface area contributed by atoms with Crippen molar-refractivity contribution in [3.8, 4) is 5.75 Å². The predicted molar refractivity (Wildman–Crippen MR) is 74.7 cm³/mol. The fourth-order valence-electron chi connectivity index (χ4n) is 1.56. The van der Waals surface area contributed by atoms with Crippen LogP contribution in [0.4, 0.5) is 0 Å². The van der Waals surface area contributed by atoms with Crippen molar-refractivity contribution in [1.82, 2.24) is 15.5 Å². The van der Waals surface area contributed by atoms with E-state index in [0.29, 0.717) is 11.9 Å². The van der Waals surface area contributed by atoms with Crippen LogP contribution in [0.15, 0.2) is 33.6 Å².